The third-order valence-corrected chi connectivity index (χ3v) is 7.20. The van der Waals surface area contributed by atoms with Crippen LogP contribution >= 0.6 is 0 Å². The summed E-state index contributed by atoms with van der Waals surface area (Å²) in [6.07, 6.45) is 1.47. The van der Waals surface area contributed by atoms with E-state index in [2.05, 4.69) is 5.32 Å². The van der Waals surface area contributed by atoms with E-state index in [0.29, 0.717) is 37.6 Å². The second kappa shape index (κ2) is 9.65. The van der Waals surface area contributed by atoms with Crippen LogP contribution in [-0.2, 0) is 24.3 Å². The van der Waals surface area contributed by atoms with Gasteiger partial charge in [-0.2, -0.15) is 4.31 Å². The molecule has 30 heavy (non-hydrogen) atoms. The molecule has 1 atom stereocenters. The SMILES string of the molecule is CCC(C)NC(=O)COC(=O)C1CCN(S(=O)(=O)c2ccc3c(c2)OCCO3)CC1. The summed E-state index contributed by atoms with van der Waals surface area (Å²) in [6, 6.07) is 4.58. The van der Waals surface area contributed by atoms with Gasteiger partial charge in [0.15, 0.2) is 18.1 Å². The summed E-state index contributed by atoms with van der Waals surface area (Å²) in [5.74, 6) is -0.286. The van der Waals surface area contributed by atoms with E-state index in [1.54, 1.807) is 6.07 Å². The summed E-state index contributed by atoms with van der Waals surface area (Å²) in [5.41, 5.74) is 0. The summed E-state index contributed by atoms with van der Waals surface area (Å²) in [5, 5.41) is 2.73. The van der Waals surface area contributed by atoms with Gasteiger partial charge in [-0.3, -0.25) is 9.59 Å². The zero-order valence-corrected chi connectivity index (χ0v) is 18.1. The molecule has 1 saturated heterocycles. The van der Waals surface area contributed by atoms with Crippen molar-refractivity contribution in [2.75, 3.05) is 32.9 Å². The number of carbonyl (C=O) groups excluding carboxylic acids is 2. The summed E-state index contributed by atoms with van der Waals surface area (Å²) in [6.45, 7) is 4.72. The maximum atomic E-state index is 13.0. The van der Waals surface area contributed by atoms with Crippen LogP contribution in [0.5, 0.6) is 11.5 Å². The summed E-state index contributed by atoms with van der Waals surface area (Å²) in [7, 11) is -3.71. The van der Waals surface area contributed by atoms with Crippen LogP contribution in [0.3, 0.4) is 0 Å². The number of hydrogen-bond donors (Lipinski definition) is 1. The average molecular weight is 441 g/mol. The fourth-order valence-electron chi connectivity index (χ4n) is 3.34. The van der Waals surface area contributed by atoms with E-state index in [0.717, 1.165) is 6.42 Å². The molecule has 0 aliphatic carbocycles. The van der Waals surface area contributed by atoms with Crippen LogP contribution in [0.1, 0.15) is 33.1 Å². The minimum Gasteiger partial charge on any atom is -0.486 e. The van der Waals surface area contributed by atoms with Crippen LogP contribution in [0.25, 0.3) is 0 Å². The molecule has 0 radical (unpaired) electrons. The Balaban J connectivity index is 1.53. The Morgan fingerprint density at radius 1 is 1.20 bits per heavy atom. The van der Waals surface area contributed by atoms with Gasteiger partial charge in [0.2, 0.25) is 10.0 Å². The van der Waals surface area contributed by atoms with E-state index in [9.17, 15) is 18.0 Å². The number of piperidine rings is 1. The minimum atomic E-state index is -3.71. The van der Waals surface area contributed by atoms with Gasteiger partial charge in [0.1, 0.15) is 13.2 Å². The third-order valence-electron chi connectivity index (χ3n) is 5.30. The van der Waals surface area contributed by atoms with Crippen LogP contribution in [0, 0.1) is 5.92 Å². The van der Waals surface area contributed by atoms with Crippen LogP contribution in [-0.4, -0.2) is 63.6 Å². The van der Waals surface area contributed by atoms with Gasteiger partial charge in [0, 0.05) is 25.2 Å². The Kier molecular flexibility index (Phi) is 7.19. The smallest absolute Gasteiger partial charge is 0.309 e. The number of nitrogens with one attached hydrogen (secondary N) is 1. The number of rotatable bonds is 7. The van der Waals surface area contributed by atoms with Gasteiger partial charge in [-0.25, -0.2) is 8.42 Å². The van der Waals surface area contributed by atoms with Crippen molar-refractivity contribution in [1.29, 1.82) is 0 Å². The van der Waals surface area contributed by atoms with Crippen LogP contribution in [0.15, 0.2) is 23.1 Å². The molecule has 1 amide bonds. The molecule has 2 aliphatic rings. The van der Waals surface area contributed by atoms with Crippen molar-refractivity contribution in [3.63, 3.8) is 0 Å². The molecule has 9 nitrogen and oxygen atoms in total. The monoisotopic (exact) mass is 440 g/mol. The van der Waals surface area contributed by atoms with Crippen molar-refractivity contribution in [2.45, 2.75) is 44.0 Å². The number of fused-ring (bicyclic) bond motifs is 1. The second-order valence-electron chi connectivity index (χ2n) is 7.47. The Labute approximate surface area is 176 Å². The quantitative estimate of drug-likeness (QED) is 0.637. The highest BCUT2D eigenvalue weighted by Crippen LogP contribution is 2.34. The predicted molar refractivity (Wildman–Crippen MR) is 108 cm³/mol. The number of ether oxygens (including phenoxy) is 3. The summed E-state index contributed by atoms with van der Waals surface area (Å²) in [4.78, 5) is 24.1. The fourth-order valence-corrected chi connectivity index (χ4v) is 4.82. The van der Waals surface area contributed by atoms with E-state index in [1.165, 1.54) is 16.4 Å². The molecule has 0 bridgehead atoms. The van der Waals surface area contributed by atoms with Crippen LogP contribution < -0.4 is 14.8 Å². The average Bonchev–Trinajstić information content (AvgIpc) is 2.77. The molecule has 1 unspecified atom stereocenters. The summed E-state index contributed by atoms with van der Waals surface area (Å²) >= 11 is 0. The molecule has 1 N–H and O–H groups in total. The van der Waals surface area contributed by atoms with Crippen molar-refractivity contribution in [3.05, 3.63) is 18.2 Å². The molecule has 0 aromatic heterocycles. The third kappa shape index (κ3) is 5.23. The molecule has 3 rings (SSSR count). The highest BCUT2D eigenvalue weighted by Gasteiger charge is 2.33. The van der Waals surface area contributed by atoms with E-state index in [1.807, 2.05) is 13.8 Å². The normalized spacial score (nSPS) is 18.5. The molecule has 1 aromatic rings. The Morgan fingerprint density at radius 3 is 2.53 bits per heavy atom. The van der Waals surface area contributed by atoms with E-state index in [4.69, 9.17) is 14.2 Å². The Hall–Kier alpha value is -2.33. The molecule has 1 aromatic carbocycles. The number of nitrogens with zero attached hydrogens (tertiary/aromatic N) is 1. The van der Waals surface area contributed by atoms with Crippen molar-refractivity contribution in [1.82, 2.24) is 9.62 Å². The summed E-state index contributed by atoms with van der Waals surface area (Å²) < 4.78 is 43.3. The van der Waals surface area contributed by atoms with Gasteiger partial charge in [-0.15, -0.1) is 0 Å². The lowest BCUT2D eigenvalue weighted by molar-refractivity contribution is -0.153. The van der Waals surface area contributed by atoms with Gasteiger partial charge in [-0.05, 0) is 38.3 Å². The lowest BCUT2D eigenvalue weighted by Crippen LogP contribution is -2.41. The number of amides is 1. The topological polar surface area (TPSA) is 111 Å². The first-order valence-electron chi connectivity index (χ1n) is 10.2. The van der Waals surface area contributed by atoms with Crippen molar-refractivity contribution in [3.8, 4) is 11.5 Å². The molecule has 1 fully saturated rings. The maximum absolute atomic E-state index is 13.0. The first-order chi connectivity index (χ1) is 14.3. The van der Waals surface area contributed by atoms with Gasteiger partial charge in [0.05, 0.1) is 10.8 Å². The largest absolute Gasteiger partial charge is 0.486 e. The van der Waals surface area contributed by atoms with Crippen molar-refractivity contribution in [2.24, 2.45) is 5.92 Å². The van der Waals surface area contributed by atoms with E-state index in [-0.39, 0.29) is 36.5 Å². The maximum Gasteiger partial charge on any atom is 0.309 e. The minimum absolute atomic E-state index is 0.0187. The van der Waals surface area contributed by atoms with Gasteiger partial charge < -0.3 is 19.5 Å². The first-order valence-corrected chi connectivity index (χ1v) is 11.6. The molecular formula is C20H28N2O7S. The lowest BCUT2D eigenvalue weighted by atomic mass is 9.98. The fraction of sp³-hybridized carbons (Fsp3) is 0.600. The van der Waals surface area contributed by atoms with Crippen LogP contribution in [0.2, 0.25) is 0 Å². The zero-order chi connectivity index (χ0) is 21.7. The lowest BCUT2D eigenvalue weighted by Gasteiger charge is -2.30. The van der Waals surface area contributed by atoms with Gasteiger partial charge in [-0.1, -0.05) is 6.92 Å². The van der Waals surface area contributed by atoms with Gasteiger partial charge >= 0.3 is 5.97 Å². The molecule has 2 aliphatic heterocycles. The molecular weight excluding hydrogens is 412 g/mol. The molecule has 0 saturated carbocycles. The van der Waals surface area contributed by atoms with Crippen LogP contribution in [0.4, 0.5) is 0 Å². The first kappa shape index (κ1) is 22.4. The van der Waals surface area contributed by atoms with E-state index >= 15 is 0 Å². The number of esters is 1. The predicted octanol–water partition coefficient (Wildman–Crippen LogP) is 1.32. The highest BCUT2D eigenvalue weighted by atomic mass is 32.2. The number of benzene rings is 1. The molecule has 166 valence electrons. The molecule has 2 heterocycles. The van der Waals surface area contributed by atoms with Crippen molar-refractivity contribution >= 4 is 21.9 Å². The Morgan fingerprint density at radius 2 is 1.87 bits per heavy atom. The highest BCUT2D eigenvalue weighted by molar-refractivity contribution is 7.89. The number of sulfonamides is 1. The Bertz CT molecular complexity index is 879. The molecule has 10 heteroatoms. The zero-order valence-electron chi connectivity index (χ0n) is 17.3. The standard InChI is InChI=1S/C20H28N2O7S/c1-3-14(2)21-19(23)13-29-20(24)15-6-8-22(9-7-15)30(25,26)16-4-5-17-18(12-16)28-11-10-27-17/h4-5,12,14-15H,3,6-11,13H2,1-2H3,(H,21,23). The van der Waals surface area contributed by atoms with Crippen molar-refractivity contribution < 1.29 is 32.2 Å². The van der Waals surface area contributed by atoms with E-state index < -0.39 is 21.9 Å². The molecule has 0 spiro atoms. The number of carbonyl (C=O) groups is 2. The number of hydrogen-bond acceptors (Lipinski definition) is 7. The van der Waals surface area contributed by atoms with Gasteiger partial charge in [0.25, 0.3) is 5.91 Å². The second-order valence-corrected chi connectivity index (χ2v) is 9.41.